The lowest BCUT2D eigenvalue weighted by Gasteiger charge is -2.28. The molecule has 5 nitrogen and oxygen atoms in total. The molecule has 0 heterocycles. The topological polar surface area (TPSA) is 58.8 Å². The fourth-order valence-corrected chi connectivity index (χ4v) is 2.08. The Labute approximate surface area is 112 Å². The zero-order valence-corrected chi connectivity index (χ0v) is 11.3. The van der Waals surface area contributed by atoms with Crippen molar-refractivity contribution in [3.63, 3.8) is 0 Å². The predicted molar refractivity (Wildman–Crippen MR) is 76.2 cm³/mol. The van der Waals surface area contributed by atoms with Crippen LogP contribution < -0.4 is 15.5 Å². The van der Waals surface area contributed by atoms with E-state index in [2.05, 4.69) is 0 Å². The van der Waals surface area contributed by atoms with E-state index in [1.807, 2.05) is 36.4 Å². The van der Waals surface area contributed by atoms with E-state index in [9.17, 15) is 4.79 Å². The largest absolute Gasteiger partial charge is 0.497 e. The molecule has 2 N–H and O–H groups in total. The van der Waals surface area contributed by atoms with Gasteiger partial charge in [0.05, 0.1) is 12.8 Å². The number of hydrogen-bond donors (Lipinski definition) is 1. The Balaban J connectivity index is 2.67. The number of nitrogens with zero attached hydrogens (tertiary/aromatic N) is 2. The summed E-state index contributed by atoms with van der Waals surface area (Å²) in [6.07, 6.45) is 0. The molecule has 0 saturated heterocycles. The maximum absolute atomic E-state index is 11.6. The van der Waals surface area contributed by atoms with Crippen molar-refractivity contribution in [2.24, 2.45) is 5.73 Å². The molecule has 0 bridgehead atoms. The highest BCUT2D eigenvalue weighted by Crippen LogP contribution is 2.30. The zero-order chi connectivity index (χ0) is 14.0. The Morgan fingerprint density at radius 1 is 1.21 bits per heavy atom. The molecule has 100 valence electrons. The Morgan fingerprint density at radius 3 is 2.53 bits per heavy atom. The van der Waals surface area contributed by atoms with Gasteiger partial charge in [-0.15, -0.1) is 0 Å². The molecular formula is C14H17N3O2. The van der Waals surface area contributed by atoms with Crippen LogP contribution in [0.25, 0.3) is 10.8 Å². The molecule has 0 unspecified atom stereocenters. The van der Waals surface area contributed by atoms with Crippen LogP contribution in [0, 0.1) is 0 Å². The molecule has 0 radical (unpaired) electrons. The standard InChI is InChI=1S/C14H17N3O2/c1-16(2)17(14(15)18)13-6-4-5-10-7-8-11(19-3)9-12(10)13/h4-9H,1-3H3,(H2,15,18). The lowest BCUT2D eigenvalue weighted by atomic mass is 10.1. The Hall–Kier alpha value is -2.27. The summed E-state index contributed by atoms with van der Waals surface area (Å²) in [5, 5.41) is 5.00. The first-order valence-electron chi connectivity index (χ1n) is 5.88. The minimum atomic E-state index is -0.527. The molecule has 0 aliphatic carbocycles. The Kier molecular flexibility index (Phi) is 3.57. The first kappa shape index (κ1) is 13.2. The molecule has 5 heteroatoms. The summed E-state index contributed by atoms with van der Waals surface area (Å²) in [5.74, 6) is 0.739. The number of ether oxygens (including phenoxy) is 1. The average molecular weight is 259 g/mol. The maximum atomic E-state index is 11.6. The van der Waals surface area contributed by atoms with Crippen LogP contribution in [0.15, 0.2) is 36.4 Å². The number of hydrazine groups is 1. The van der Waals surface area contributed by atoms with Crippen molar-refractivity contribution in [1.29, 1.82) is 0 Å². The minimum absolute atomic E-state index is 0.527. The molecular weight excluding hydrogens is 242 g/mol. The van der Waals surface area contributed by atoms with Gasteiger partial charge in [0.25, 0.3) is 0 Å². The number of amides is 2. The SMILES string of the molecule is COc1ccc2cccc(N(C(N)=O)N(C)C)c2c1. The lowest BCUT2D eigenvalue weighted by molar-refractivity contribution is 0.239. The van der Waals surface area contributed by atoms with Crippen LogP contribution in [0.2, 0.25) is 0 Å². The van der Waals surface area contributed by atoms with E-state index in [1.165, 1.54) is 5.01 Å². The van der Waals surface area contributed by atoms with E-state index < -0.39 is 6.03 Å². The highest BCUT2D eigenvalue weighted by molar-refractivity contribution is 6.02. The maximum Gasteiger partial charge on any atom is 0.334 e. The number of urea groups is 1. The van der Waals surface area contributed by atoms with Crippen LogP contribution in [0.5, 0.6) is 5.75 Å². The smallest absolute Gasteiger partial charge is 0.334 e. The third-order valence-corrected chi connectivity index (χ3v) is 2.90. The molecule has 0 aliphatic rings. The van der Waals surface area contributed by atoms with Gasteiger partial charge in [0.2, 0.25) is 0 Å². The predicted octanol–water partition coefficient (Wildman–Crippen LogP) is 2.21. The van der Waals surface area contributed by atoms with Gasteiger partial charge < -0.3 is 10.5 Å². The number of hydrogen-bond acceptors (Lipinski definition) is 3. The third kappa shape index (κ3) is 2.46. The van der Waals surface area contributed by atoms with E-state index >= 15 is 0 Å². The second-order valence-corrected chi connectivity index (χ2v) is 4.36. The van der Waals surface area contributed by atoms with Crippen LogP contribution in [-0.2, 0) is 0 Å². The molecule has 0 atom stereocenters. The Bertz CT molecular complexity index is 611. The van der Waals surface area contributed by atoms with Gasteiger partial charge in [0.1, 0.15) is 5.75 Å². The third-order valence-electron chi connectivity index (χ3n) is 2.90. The van der Waals surface area contributed by atoms with Gasteiger partial charge in [-0.1, -0.05) is 18.2 Å². The van der Waals surface area contributed by atoms with Gasteiger partial charge in [-0.3, -0.25) is 0 Å². The Morgan fingerprint density at radius 2 is 1.95 bits per heavy atom. The fraction of sp³-hybridized carbons (Fsp3) is 0.214. The number of rotatable bonds is 3. The van der Waals surface area contributed by atoms with Crippen molar-refractivity contribution in [3.8, 4) is 5.75 Å². The van der Waals surface area contributed by atoms with Crippen molar-refractivity contribution in [3.05, 3.63) is 36.4 Å². The van der Waals surface area contributed by atoms with Gasteiger partial charge in [-0.25, -0.2) is 14.8 Å². The molecule has 0 spiro atoms. The molecule has 0 saturated carbocycles. The second kappa shape index (κ2) is 5.16. The second-order valence-electron chi connectivity index (χ2n) is 4.36. The number of methoxy groups -OCH3 is 1. The minimum Gasteiger partial charge on any atom is -0.497 e. The van der Waals surface area contributed by atoms with Crippen LogP contribution in [0.3, 0.4) is 0 Å². The van der Waals surface area contributed by atoms with Gasteiger partial charge in [0, 0.05) is 19.5 Å². The molecule has 0 fully saturated rings. The summed E-state index contributed by atoms with van der Waals surface area (Å²) in [5.41, 5.74) is 6.18. The summed E-state index contributed by atoms with van der Waals surface area (Å²) in [4.78, 5) is 11.6. The summed E-state index contributed by atoms with van der Waals surface area (Å²) < 4.78 is 5.23. The molecule has 2 aromatic rings. The number of nitrogens with two attached hydrogens (primary N) is 1. The molecule has 2 amide bonds. The first-order valence-corrected chi connectivity index (χ1v) is 5.88. The van der Waals surface area contributed by atoms with Crippen LogP contribution in [-0.4, -0.2) is 32.2 Å². The molecule has 0 aromatic heterocycles. The number of carbonyl (C=O) groups excluding carboxylic acids is 1. The van der Waals surface area contributed by atoms with Crippen LogP contribution in [0.1, 0.15) is 0 Å². The fourth-order valence-electron chi connectivity index (χ4n) is 2.08. The number of carbonyl (C=O) groups is 1. The number of anilines is 1. The summed E-state index contributed by atoms with van der Waals surface area (Å²) in [6.45, 7) is 0. The van der Waals surface area contributed by atoms with Crippen molar-refractivity contribution >= 4 is 22.5 Å². The van der Waals surface area contributed by atoms with E-state index in [4.69, 9.17) is 10.5 Å². The average Bonchev–Trinajstić information content (AvgIpc) is 2.37. The monoisotopic (exact) mass is 259 g/mol. The molecule has 2 rings (SSSR count). The van der Waals surface area contributed by atoms with Crippen molar-refractivity contribution in [2.75, 3.05) is 26.2 Å². The summed E-state index contributed by atoms with van der Waals surface area (Å²) in [6, 6.07) is 10.9. The van der Waals surface area contributed by atoms with Crippen molar-refractivity contribution in [2.45, 2.75) is 0 Å². The lowest BCUT2D eigenvalue weighted by Crippen LogP contribution is -2.45. The van der Waals surface area contributed by atoms with Crippen molar-refractivity contribution in [1.82, 2.24) is 5.01 Å². The number of benzene rings is 2. The van der Waals surface area contributed by atoms with Crippen LogP contribution in [0.4, 0.5) is 10.5 Å². The highest BCUT2D eigenvalue weighted by atomic mass is 16.5. The van der Waals surface area contributed by atoms with Crippen LogP contribution >= 0.6 is 0 Å². The van der Waals surface area contributed by atoms with E-state index in [1.54, 1.807) is 26.2 Å². The molecule has 2 aromatic carbocycles. The van der Waals surface area contributed by atoms with Gasteiger partial charge in [-0.2, -0.15) is 0 Å². The zero-order valence-electron chi connectivity index (χ0n) is 11.3. The summed E-state index contributed by atoms with van der Waals surface area (Å²) >= 11 is 0. The quantitative estimate of drug-likeness (QED) is 0.860. The number of fused-ring (bicyclic) bond motifs is 1. The number of primary amides is 1. The van der Waals surface area contributed by atoms with Gasteiger partial charge >= 0.3 is 6.03 Å². The van der Waals surface area contributed by atoms with Crippen molar-refractivity contribution < 1.29 is 9.53 Å². The first-order chi connectivity index (χ1) is 9.04. The van der Waals surface area contributed by atoms with E-state index in [-0.39, 0.29) is 0 Å². The van der Waals surface area contributed by atoms with Gasteiger partial charge in [-0.05, 0) is 23.6 Å². The molecule has 19 heavy (non-hydrogen) atoms. The van der Waals surface area contributed by atoms with Gasteiger partial charge in [0.15, 0.2) is 0 Å². The normalized spacial score (nSPS) is 10.7. The van der Waals surface area contributed by atoms with E-state index in [0.717, 1.165) is 22.2 Å². The highest BCUT2D eigenvalue weighted by Gasteiger charge is 2.17. The summed E-state index contributed by atoms with van der Waals surface area (Å²) in [7, 11) is 5.15. The molecule has 0 aliphatic heterocycles. The van der Waals surface area contributed by atoms with E-state index in [0.29, 0.717) is 0 Å².